The first-order valence-corrected chi connectivity index (χ1v) is 9.30. The number of nitrogens with zero attached hydrogens (tertiary/aromatic N) is 1. The summed E-state index contributed by atoms with van der Waals surface area (Å²) in [6.07, 6.45) is -0.0167. The Morgan fingerprint density at radius 3 is 2.50 bits per heavy atom. The molecule has 0 saturated carbocycles. The topological polar surface area (TPSA) is 102 Å². The van der Waals surface area contributed by atoms with Crippen LogP contribution in [0.3, 0.4) is 0 Å². The summed E-state index contributed by atoms with van der Waals surface area (Å²) in [6.45, 7) is 0.138. The van der Waals surface area contributed by atoms with Gasteiger partial charge in [-0.25, -0.2) is 0 Å². The molecular formula is C17H24ClN3O4S. The van der Waals surface area contributed by atoms with Crippen LogP contribution in [0, 0.1) is 0 Å². The second-order valence-electron chi connectivity index (χ2n) is 5.67. The number of halogens is 1. The molecule has 2 aromatic carbocycles. The lowest BCUT2D eigenvalue weighted by atomic mass is 10.0. The van der Waals surface area contributed by atoms with Crippen LogP contribution in [0.5, 0.6) is 0 Å². The van der Waals surface area contributed by atoms with Gasteiger partial charge in [0, 0.05) is 20.1 Å². The number of carbonyl (C=O) groups excluding carboxylic acids is 1. The maximum absolute atomic E-state index is 12.4. The highest BCUT2D eigenvalue weighted by molar-refractivity contribution is 7.87. The first-order chi connectivity index (χ1) is 11.9. The van der Waals surface area contributed by atoms with E-state index < -0.39 is 22.2 Å². The average molecular weight is 402 g/mol. The molecule has 2 aromatic rings. The predicted octanol–water partition coefficient (Wildman–Crippen LogP) is 1.59. The summed E-state index contributed by atoms with van der Waals surface area (Å²) in [6, 6.07) is 13.0. The van der Waals surface area contributed by atoms with E-state index in [1.807, 2.05) is 42.5 Å². The van der Waals surface area contributed by atoms with Crippen molar-refractivity contribution < 1.29 is 17.9 Å². The number of methoxy groups -OCH3 is 1. The zero-order valence-electron chi connectivity index (χ0n) is 14.7. The molecule has 0 aliphatic carbocycles. The summed E-state index contributed by atoms with van der Waals surface area (Å²) in [4.78, 5) is 11.2. The zero-order chi connectivity index (χ0) is 18.4. The molecule has 1 atom stereocenters. The number of hydrogen-bond acceptors (Lipinski definition) is 5. The number of esters is 1. The maximum Gasteiger partial charge on any atom is 0.306 e. The molecule has 3 N–H and O–H groups in total. The molecule has 0 spiro atoms. The van der Waals surface area contributed by atoms with Crippen molar-refractivity contribution in [2.24, 2.45) is 5.73 Å². The second kappa shape index (κ2) is 9.84. The van der Waals surface area contributed by atoms with Crippen molar-refractivity contribution in [2.45, 2.75) is 12.5 Å². The minimum atomic E-state index is -3.78. The largest absolute Gasteiger partial charge is 0.469 e. The van der Waals surface area contributed by atoms with Gasteiger partial charge in [0.1, 0.15) is 0 Å². The second-order valence-corrected chi connectivity index (χ2v) is 7.47. The van der Waals surface area contributed by atoms with Gasteiger partial charge in [-0.2, -0.15) is 17.4 Å². The van der Waals surface area contributed by atoms with E-state index in [9.17, 15) is 13.2 Å². The minimum absolute atomic E-state index is 0. The Bertz CT molecular complexity index is 845. The monoisotopic (exact) mass is 401 g/mol. The van der Waals surface area contributed by atoms with Crippen LogP contribution in [-0.2, 0) is 19.7 Å². The molecule has 0 amide bonds. The Labute approximate surface area is 160 Å². The van der Waals surface area contributed by atoms with Crippen LogP contribution in [0.4, 0.5) is 0 Å². The molecule has 0 aromatic heterocycles. The molecule has 0 fully saturated rings. The van der Waals surface area contributed by atoms with Gasteiger partial charge < -0.3 is 10.5 Å². The van der Waals surface area contributed by atoms with E-state index in [-0.39, 0.29) is 31.9 Å². The SMILES string of the molecule is COC(=O)CCN(C)S(=O)(=O)NC(CN)c1ccc2ccccc2c1.Cl. The highest BCUT2D eigenvalue weighted by Crippen LogP contribution is 2.21. The van der Waals surface area contributed by atoms with Crippen LogP contribution in [0.2, 0.25) is 0 Å². The van der Waals surface area contributed by atoms with E-state index >= 15 is 0 Å². The smallest absolute Gasteiger partial charge is 0.306 e. The van der Waals surface area contributed by atoms with Crippen LogP contribution in [0.25, 0.3) is 10.8 Å². The lowest BCUT2D eigenvalue weighted by Gasteiger charge is -2.22. The number of rotatable bonds is 8. The quantitative estimate of drug-likeness (QED) is 0.654. The Balaban J connectivity index is 0.00000338. The van der Waals surface area contributed by atoms with Crippen LogP contribution in [-0.4, -0.2) is 45.9 Å². The molecule has 2 rings (SSSR count). The van der Waals surface area contributed by atoms with E-state index in [0.29, 0.717) is 0 Å². The molecule has 0 aliphatic heterocycles. The van der Waals surface area contributed by atoms with Gasteiger partial charge in [-0.3, -0.25) is 4.79 Å². The molecule has 9 heteroatoms. The first-order valence-electron chi connectivity index (χ1n) is 7.86. The Morgan fingerprint density at radius 2 is 1.88 bits per heavy atom. The number of benzene rings is 2. The van der Waals surface area contributed by atoms with E-state index in [1.165, 1.54) is 14.2 Å². The zero-order valence-corrected chi connectivity index (χ0v) is 16.3. The third-order valence-electron chi connectivity index (χ3n) is 3.97. The summed E-state index contributed by atoms with van der Waals surface area (Å²) in [5, 5.41) is 2.08. The van der Waals surface area contributed by atoms with Crippen LogP contribution in [0.15, 0.2) is 42.5 Å². The standard InChI is InChI=1S/C17H23N3O4S.ClH/c1-20(10-9-17(21)24-2)25(22,23)19-16(12-18)15-8-7-13-5-3-4-6-14(13)11-15;/h3-8,11,16,19H,9-10,12,18H2,1-2H3;1H. The van der Waals surface area contributed by atoms with Crippen molar-refractivity contribution >= 4 is 39.4 Å². The van der Waals surface area contributed by atoms with Crippen molar-refractivity contribution in [1.82, 2.24) is 9.03 Å². The minimum Gasteiger partial charge on any atom is -0.469 e. The number of hydrogen-bond donors (Lipinski definition) is 2. The number of nitrogens with two attached hydrogens (primary N) is 1. The van der Waals surface area contributed by atoms with Crippen LogP contribution < -0.4 is 10.5 Å². The normalized spacial score (nSPS) is 12.6. The Hall–Kier alpha value is -1.71. The van der Waals surface area contributed by atoms with Gasteiger partial charge in [0.25, 0.3) is 10.2 Å². The number of fused-ring (bicyclic) bond motifs is 1. The van der Waals surface area contributed by atoms with Gasteiger partial charge in [-0.15, -0.1) is 12.4 Å². The van der Waals surface area contributed by atoms with Gasteiger partial charge in [0.15, 0.2) is 0 Å². The summed E-state index contributed by atoms with van der Waals surface area (Å²) in [5.41, 5.74) is 6.56. The maximum atomic E-state index is 12.4. The average Bonchev–Trinajstić information content (AvgIpc) is 2.63. The highest BCUT2D eigenvalue weighted by Gasteiger charge is 2.23. The summed E-state index contributed by atoms with van der Waals surface area (Å²) in [5.74, 6) is -0.466. The number of carbonyl (C=O) groups is 1. The fourth-order valence-electron chi connectivity index (χ4n) is 2.42. The molecule has 0 radical (unpaired) electrons. The Morgan fingerprint density at radius 1 is 1.23 bits per heavy atom. The van der Waals surface area contributed by atoms with Crippen molar-refractivity contribution in [3.8, 4) is 0 Å². The molecule has 0 bridgehead atoms. The highest BCUT2D eigenvalue weighted by atomic mass is 35.5. The van der Waals surface area contributed by atoms with E-state index in [0.717, 1.165) is 20.6 Å². The van der Waals surface area contributed by atoms with Gasteiger partial charge in [-0.05, 0) is 22.4 Å². The van der Waals surface area contributed by atoms with Crippen molar-refractivity contribution in [1.29, 1.82) is 0 Å². The summed E-state index contributed by atoms with van der Waals surface area (Å²) >= 11 is 0. The lowest BCUT2D eigenvalue weighted by Crippen LogP contribution is -2.43. The van der Waals surface area contributed by atoms with E-state index in [2.05, 4.69) is 9.46 Å². The van der Waals surface area contributed by atoms with E-state index in [1.54, 1.807) is 0 Å². The lowest BCUT2D eigenvalue weighted by molar-refractivity contribution is -0.140. The number of ether oxygens (including phenoxy) is 1. The fourth-order valence-corrected chi connectivity index (χ4v) is 3.52. The van der Waals surface area contributed by atoms with Crippen molar-refractivity contribution in [3.05, 3.63) is 48.0 Å². The summed E-state index contributed by atoms with van der Waals surface area (Å²) < 4.78 is 33.1. The molecule has 0 saturated heterocycles. The third kappa shape index (κ3) is 5.65. The molecule has 26 heavy (non-hydrogen) atoms. The molecule has 1 unspecified atom stereocenters. The fraction of sp³-hybridized carbons (Fsp3) is 0.353. The first kappa shape index (κ1) is 22.3. The molecule has 0 aliphatic rings. The number of nitrogens with one attached hydrogen (secondary N) is 1. The van der Waals surface area contributed by atoms with Gasteiger partial charge >= 0.3 is 5.97 Å². The molecule has 144 valence electrons. The molecule has 0 heterocycles. The van der Waals surface area contributed by atoms with Gasteiger partial charge in [0.05, 0.1) is 19.6 Å². The van der Waals surface area contributed by atoms with Crippen molar-refractivity contribution in [2.75, 3.05) is 27.2 Å². The Kier molecular flexibility index (Phi) is 8.45. The van der Waals surface area contributed by atoms with Crippen LogP contribution in [0.1, 0.15) is 18.0 Å². The summed E-state index contributed by atoms with van der Waals surface area (Å²) in [7, 11) is -1.12. The van der Waals surface area contributed by atoms with Gasteiger partial charge in [0.2, 0.25) is 0 Å². The predicted molar refractivity (Wildman–Crippen MR) is 104 cm³/mol. The molecular weight excluding hydrogens is 378 g/mol. The van der Waals surface area contributed by atoms with Crippen molar-refractivity contribution in [3.63, 3.8) is 0 Å². The molecule has 7 nitrogen and oxygen atoms in total. The third-order valence-corrected chi connectivity index (χ3v) is 5.56. The van der Waals surface area contributed by atoms with Crippen LogP contribution >= 0.6 is 12.4 Å². The van der Waals surface area contributed by atoms with E-state index in [4.69, 9.17) is 5.73 Å². The van der Waals surface area contributed by atoms with Gasteiger partial charge in [-0.1, -0.05) is 36.4 Å².